The fourth-order valence-corrected chi connectivity index (χ4v) is 4.84. The Kier molecular flexibility index (Phi) is 6.34. The minimum atomic E-state index is -0.410. The Morgan fingerprint density at radius 1 is 0.933 bits per heavy atom. The minimum Gasteiger partial charge on any atom is -0.330 e. The first kappa shape index (κ1) is 20.8. The van der Waals surface area contributed by atoms with Crippen molar-refractivity contribution in [2.24, 2.45) is 0 Å². The lowest BCUT2D eigenvalue weighted by Gasteiger charge is -2.32. The van der Waals surface area contributed by atoms with E-state index >= 15 is 0 Å². The Hall–Kier alpha value is -2.45. The van der Waals surface area contributed by atoms with Crippen LogP contribution in [0.2, 0.25) is 0 Å². The third-order valence-corrected chi connectivity index (χ3v) is 6.71. The molecule has 0 saturated carbocycles. The third kappa shape index (κ3) is 4.20. The molecule has 2 N–H and O–H groups in total. The molecule has 0 aliphatic carbocycles. The SMILES string of the molecule is CCn1c(=O)c2ccccc2n(CC(=O)N2CC[NH+](CC[NH+]3CCCC3)CC2)c1=O. The van der Waals surface area contributed by atoms with Crippen molar-refractivity contribution in [1.29, 1.82) is 0 Å². The van der Waals surface area contributed by atoms with Gasteiger partial charge in [-0.05, 0) is 19.1 Å². The summed E-state index contributed by atoms with van der Waals surface area (Å²) in [5.41, 5.74) is -0.171. The number of carbonyl (C=O) groups excluding carboxylic acids is 1. The fourth-order valence-electron chi connectivity index (χ4n) is 4.84. The van der Waals surface area contributed by atoms with Gasteiger partial charge in [-0.25, -0.2) is 4.79 Å². The lowest BCUT2D eigenvalue weighted by Crippen LogP contribution is -3.21. The molecule has 0 radical (unpaired) electrons. The number of piperazine rings is 1. The van der Waals surface area contributed by atoms with E-state index in [1.807, 2.05) is 4.90 Å². The fraction of sp³-hybridized carbons (Fsp3) is 0.591. The summed E-state index contributed by atoms with van der Waals surface area (Å²) in [6, 6.07) is 7.04. The van der Waals surface area contributed by atoms with Gasteiger partial charge in [0.05, 0.1) is 50.2 Å². The van der Waals surface area contributed by atoms with Crippen LogP contribution in [0.5, 0.6) is 0 Å². The molecule has 2 saturated heterocycles. The summed E-state index contributed by atoms with van der Waals surface area (Å²) < 4.78 is 2.66. The summed E-state index contributed by atoms with van der Waals surface area (Å²) in [7, 11) is 0. The highest BCUT2D eigenvalue weighted by atomic mass is 16.2. The number of nitrogens with zero attached hydrogens (tertiary/aromatic N) is 3. The molecule has 0 bridgehead atoms. The van der Waals surface area contributed by atoms with Crippen LogP contribution in [0, 0.1) is 0 Å². The molecule has 0 spiro atoms. The zero-order valence-electron chi connectivity index (χ0n) is 17.9. The Morgan fingerprint density at radius 2 is 1.57 bits per heavy atom. The number of nitrogens with one attached hydrogen (secondary N) is 2. The molecule has 3 heterocycles. The number of likely N-dealkylation sites (tertiary alicyclic amines) is 1. The van der Waals surface area contributed by atoms with E-state index in [9.17, 15) is 14.4 Å². The zero-order chi connectivity index (χ0) is 21.1. The summed E-state index contributed by atoms with van der Waals surface area (Å²) in [5.74, 6) is -0.0484. The van der Waals surface area contributed by atoms with Gasteiger partial charge in [-0.2, -0.15) is 0 Å². The van der Waals surface area contributed by atoms with Crippen molar-refractivity contribution >= 4 is 16.8 Å². The quantitative estimate of drug-likeness (QED) is 0.552. The summed E-state index contributed by atoms with van der Waals surface area (Å²) in [6.07, 6.45) is 2.71. The van der Waals surface area contributed by atoms with Gasteiger partial charge in [0.25, 0.3) is 5.56 Å². The average Bonchev–Trinajstić information content (AvgIpc) is 3.29. The lowest BCUT2D eigenvalue weighted by molar-refractivity contribution is -0.954. The predicted octanol–water partition coefficient (Wildman–Crippen LogP) is -2.41. The van der Waals surface area contributed by atoms with E-state index in [-0.39, 0.29) is 24.6 Å². The lowest BCUT2D eigenvalue weighted by atomic mass is 10.2. The van der Waals surface area contributed by atoms with Crippen molar-refractivity contribution < 1.29 is 14.6 Å². The number of rotatable bonds is 6. The van der Waals surface area contributed by atoms with Crippen LogP contribution < -0.4 is 21.0 Å². The Balaban J connectivity index is 1.43. The van der Waals surface area contributed by atoms with Crippen LogP contribution in [-0.2, 0) is 17.9 Å². The van der Waals surface area contributed by atoms with Crippen LogP contribution in [-0.4, -0.2) is 72.3 Å². The molecule has 30 heavy (non-hydrogen) atoms. The first-order chi connectivity index (χ1) is 14.6. The zero-order valence-corrected chi connectivity index (χ0v) is 17.9. The number of amides is 1. The maximum Gasteiger partial charge on any atom is 0.331 e. The molecule has 2 aromatic rings. The number of para-hydroxylation sites is 1. The van der Waals surface area contributed by atoms with Crippen LogP contribution in [0.3, 0.4) is 0 Å². The molecule has 2 aliphatic rings. The van der Waals surface area contributed by atoms with Gasteiger partial charge in [0, 0.05) is 19.4 Å². The van der Waals surface area contributed by atoms with Crippen molar-refractivity contribution in [3.63, 3.8) is 0 Å². The van der Waals surface area contributed by atoms with Crippen molar-refractivity contribution in [3.05, 3.63) is 45.1 Å². The second kappa shape index (κ2) is 9.14. The number of quaternary nitrogens is 2. The smallest absolute Gasteiger partial charge is 0.330 e. The number of carbonyl (C=O) groups is 1. The molecule has 4 rings (SSSR count). The first-order valence-electron chi connectivity index (χ1n) is 11.3. The van der Waals surface area contributed by atoms with E-state index in [0.29, 0.717) is 10.9 Å². The van der Waals surface area contributed by atoms with Crippen molar-refractivity contribution in [1.82, 2.24) is 14.0 Å². The number of aromatic nitrogens is 2. The molecular weight excluding hydrogens is 382 g/mol. The van der Waals surface area contributed by atoms with Gasteiger partial charge in [0.15, 0.2) is 0 Å². The Morgan fingerprint density at radius 3 is 2.23 bits per heavy atom. The summed E-state index contributed by atoms with van der Waals surface area (Å²) >= 11 is 0. The Bertz CT molecular complexity index is 1010. The van der Waals surface area contributed by atoms with E-state index in [0.717, 1.165) is 26.2 Å². The molecule has 162 valence electrons. The molecule has 8 nitrogen and oxygen atoms in total. The molecular formula is C22H33N5O3+2. The summed E-state index contributed by atoms with van der Waals surface area (Å²) in [5, 5.41) is 0.477. The maximum absolute atomic E-state index is 13.0. The summed E-state index contributed by atoms with van der Waals surface area (Å²) in [6.45, 7) is 10.4. The molecule has 1 aromatic heterocycles. The normalized spacial score (nSPS) is 18.4. The number of fused-ring (bicyclic) bond motifs is 1. The standard InChI is InChI=1S/C22H31N5O3/c1-2-26-21(29)18-7-3-4-8-19(18)27(22(26)30)17-20(28)25-15-13-24(14-16-25)12-11-23-9-5-6-10-23/h3-4,7-8H,2,5-6,9-17H2,1H3/p+2. The van der Waals surface area contributed by atoms with Crippen molar-refractivity contribution in [2.75, 3.05) is 52.4 Å². The van der Waals surface area contributed by atoms with Crippen LogP contribution in [0.15, 0.2) is 33.9 Å². The van der Waals surface area contributed by atoms with Gasteiger partial charge >= 0.3 is 5.69 Å². The first-order valence-corrected chi connectivity index (χ1v) is 11.3. The number of benzene rings is 1. The van der Waals surface area contributed by atoms with E-state index in [2.05, 4.69) is 0 Å². The minimum absolute atomic E-state index is 0.0209. The number of hydrogen-bond acceptors (Lipinski definition) is 3. The summed E-state index contributed by atoms with van der Waals surface area (Å²) in [4.78, 5) is 43.6. The van der Waals surface area contributed by atoms with Crippen LogP contribution in [0.4, 0.5) is 0 Å². The molecule has 0 atom stereocenters. The van der Waals surface area contributed by atoms with Gasteiger partial charge in [0.2, 0.25) is 5.91 Å². The highest BCUT2D eigenvalue weighted by Crippen LogP contribution is 2.08. The second-order valence-corrected chi connectivity index (χ2v) is 8.52. The van der Waals surface area contributed by atoms with Crippen molar-refractivity contribution in [3.8, 4) is 0 Å². The monoisotopic (exact) mass is 415 g/mol. The second-order valence-electron chi connectivity index (χ2n) is 8.52. The van der Waals surface area contributed by atoms with Gasteiger partial charge < -0.3 is 14.7 Å². The molecule has 8 heteroatoms. The van der Waals surface area contributed by atoms with E-state index in [1.54, 1.807) is 41.0 Å². The Labute approximate surface area is 176 Å². The van der Waals surface area contributed by atoms with Gasteiger partial charge in [0.1, 0.15) is 19.6 Å². The molecule has 2 aliphatic heterocycles. The third-order valence-electron chi connectivity index (χ3n) is 6.71. The van der Waals surface area contributed by atoms with Gasteiger partial charge in [-0.15, -0.1) is 0 Å². The maximum atomic E-state index is 13.0. The van der Waals surface area contributed by atoms with Gasteiger partial charge in [-0.1, -0.05) is 12.1 Å². The van der Waals surface area contributed by atoms with Crippen LogP contribution in [0.1, 0.15) is 19.8 Å². The average molecular weight is 416 g/mol. The number of hydrogen-bond donors (Lipinski definition) is 2. The van der Waals surface area contributed by atoms with E-state index < -0.39 is 5.69 Å². The van der Waals surface area contributed by atoms with Gasteiger partial charge in [-0.3, -0.25) is 18.7 Å². The topological polar surface area (TPSA) is 73.2 Å². The highest BCUT2D eigenvalue weighted by molar-refractivity contribution is 5.81. The largest absolute Gasteiger partial charge is 0.331 e. The molecule has 1 amide bonds. The predicted molar refractivity (Wildman–Crippen MR) is 115 cm³/mol. The van der Waals surface area contributed by atoms with Crippen molar-refractivity contribution in [2.45, 2.75) is 32.9 Å². The highest BCUT2D eigenvalue weighted by Gasteiger charge is 2.26. The molecule has 2 fully saturated rings. The molecule has 0 unspecified atom stereocenters. The van der Waals surface area contributed by atoms with E-state index in [4.69, 9.17) is 0 Å². The van der Waals surface area contributed by atoms with Crippen LogP contribution >= 0.6 is 0 Å². The molecule has 1 aromatic carbocycles. The van der Waals surface area contributed by atoms with E-state index in [1.165, 1.54) is 48.2 Å². The van der Waals surface area contributed by atoms with Crippen LogP contribution in [0.25, 0.3) is 10.9 Å².